The summed E-state index contributed by atoms with van der Waals surface area (Å²) in [6, 6.07) is 7.05. The van der Waals surface area contributed by atoms with Crippen molar-refractivity contribution in [3.8, 4) is 0 Å². The van der Waals surface area contributed by atoms with Crippen LogP contribution in [0.1, 0.15) is 31.9 Å². The fraction of sp³-hybridized carbons (Fsp3) is 0.571. The molecule has 16 heavy (non-hydrogen) atoms. The molecule has 0 saturated carbocycles. The van der Waals surface area contributed by atoms with E-state index >= 15 is 0 Å². The Morgan fingerprint density at radius 2 is 2.25 bits per heavy atom. The van der Waals surface area contributed by atoms with E-state index in [1.165, 1.54) is 16.8 Å². The van der Waals surface area contributed by atoms with E-state index in [0.717, 1.165) is 19.4 Å². The summed E-state index contributed by atoms with van der Waals surface area (Å²) >= 11 is 0. The molecule has 2 rings (SSSR count). The number of nitrogens with zero attached hydrogens (tertiary/aromatic N) is 1. The van der Waals surface area contributed by atoms with Crippen LogP contribution in [-0.4, -0.2) is 23.8 Å². The summed E-state index contributed by atoms with van der Waals surface area (Å²) in [5.74, 6) is 0. The van der Waals surface area contributed by atoms with Gasteiger partial charge < -0.3 is 10.0 Å². The van der Waals surface area contributed by atoms with Gasteiger partial charge >= 0.3 is 0 Å². The standard InChI is InChI=1S/C14H21NO/c1-4-15-10(2)8-13-12(9-11(3)16)6-5-7-14(13)15/h5-7,10-11,16H,4,8-9H2,1-3H3. The highest BCUT2D eigenvalue weighted by molar-refractivity contribution is 5.62. The molecule has 0 spiro atoms. The molecule has 1 heterocycles. The van der Waals surface area contributed by atoms with Gasteiger partial charge in [0, 0.05) is 18.3 Å². The Bertz CT molecular complexity index is 373. The van der Waals surface area contributed by atoms with Crippen LogP contribution in [0.3, 0.4) is 0 Å². The van der Waals surface area contributed by atoms with Crippen molar-refractivity contribution in [1.29, 1.82) is 0 Å². The highest BCUT2D eigenvalue weighted by Crippen LogP contribution is 2.34. The van der Waals surface area contributed by atoms with Gasteiger partial charge in [0.05, 0.1) is 6.10 Å². The molecular formula is C14H21NO. The molecule has 2 atom stereocenters. The van der Waals surface area contributed by atoms with E-state index in [2.05, 4.69) is 36.9 Å². The second kappa shape index (κ2) is 4.46. The lowest BCUT2D eigenvalue weighted by Gasteiger charge is -2.22. The molecule has 1 N–H and O–H groups in total. The molecule has 1 aliphatic rings. The Kier molecular flexibility index (Phi) is 3.20. The number of hydrogen-bond acceptors (Lipinski definition) is 2. The monoisotopic (exact) mass is 219 g/mol. The maximum absolute atomic E-state index is 9.51. The fourth-order valence-corrected chi connectivity index (χ4v) is 2.76. The first-order valence-corrected chi connectivity index (χ1v) is 6.19. The molecule has 0 bridgehead atoms. The first kappa shape index (κ1) is 11.5. The van der Waals surface area contributed by atoms with E-state index in [0.29, 0.717) is 6.04 Å². The van der Waals surface area contributed by atoms with Gasteiger partial charge in [0.2, 0.25) is 0 Å². The van der Waals surface area contributed by atoms with E-state index in [1.54, 1.807) is 0 Å². The van der Waals surface area contributed by atoms with Gasteiger partial charge in [-0.25, -0.2) is 0 Å². The third-order valence-corrected chi connectivity index (χ3v) is 3.45. The lowest BCUT2D eigenvalue weighted by molar-refractivity contribution is 0.195. The van der Waals surface area contributed by atoms with E-state index in [-0.39, 0.29) is 6.10 Å². The van der Waals surface area contributed by atoms with E-state index < -0.39 is 0 Å². The van der Waals surface area contributed by atoms with Gasteiger partial charge in [-0.15, -0.1) is 0 Å². The van der Waals surface area contributed by atoms with Crippen molar-refractivity contribution in [3.05, 3.63) is 29.3 Å². The Labute approximate surface area is 97.9 Å². The van der Waals surface area contributed by atoms with Crippen molar-refractivity contribution in [3.63, 3.8) is 0 Å². The molecule has 1 aromatic rings. The fourth-order valence-electron chi connectivity index (χ4n) is 2.76. The van der Waals surface area contributed by atoms with Crippen molar-refractivity contribution in [1.82, 2.24) is 0 Å². The molecular weight excluding hydrogens is 198 g/mol. The van der Waals surface area contributed by atoms with Crippen molar-refractivity contribution >= 4 is 5.69 Å². The lowest BCUT2D eigenvalue weighted by atomic mass is 9.99. The zero-order valence-corrected chi connectivity index (χ0v) is 10.4. The van der Waals surface area contributed by atoms with Gasteiger partial charge in [0.25, 0.3) is 0 Å². The second-order valence-corrected chi connectivity index (χ2v) is 4.81. The summed E-state index contributed by atoms with van der Waals surface area (Å²) in [6.07, 6.45) is 1.64. The predicted molar refractivity (Wildman–Crippen MR) is 68.0 cm³/mol. The highest BCUT2D eigenvalue weighted by Gasteiger charge is 2.26. The molecule has 1 aromatic carbocycles. The highest BCUT2D eigenvalue weighted by atomic mass is 16.3. The molecule has 0 saturated heterocycles. The van der Waals surface area contributed by atoms with Crippen LogP contribution < -0.4 is 4.90 Å². The summed E-state index contributed by atoms with van der Waals surface area (Å²) in [5, 5.41) is 9.51. The average molecular weight is 219 g/mol. The van der Waals surface area contributed by atoms with Crippen LogP contribution in [-0.2, 0) is 12.8 Å². The first-order chi connectivity index (χ1) is 7.63. The number of aliphatic hydroxyl groups is 1. The predicted octanol–water partition coefficient (Wildman–Crippen LogP) is 2.38. The van der Waals surface area contributed by atoms with Gasteiger partial charge in [-0.2, -0.15) is 0 Å². The van der Waals surface area contributed by atoms with E-state index in [4.69, 9.17) is 0 Å². The van der Waals surface area contributed by atoms with Crippen molar-refractivity contribution in [2.24, 2.45) is 0 Å². The SMILES string of the molecule is CCN1c2cccc(CC(C)O)c2CC1C. The van der Waals surface area contributed by atoms with E-state index in [9.17, 15) is 5.11 Å². The van der Waals surface area contributed by atoms with Crippen molar-refractivity contribution in [2.75, 3.05) is 11.4 Å². The third kappa shape index (κ3) is 1.94. The largest absolute Gasteiger partial charge is 0.393 e. The minimum absolute atomic E-state index is 0.252. The lowest BCUT2D eigenvalue weighted by Crippen LogP contribution is -2.28. The first-order valence-electron chi connectivity index (χ1n) is 6.19. The number of rotatable bonds is 3. The number of hydrogen-bond donors (Lipinski definition) is 1. The maximum atomic E-state index is 9.51. The van der Waals surface area contributed by atoms with Crippen LogP contribution in [0.5, 0.6) is 0 Å². The Morgan fingerprint density at radius 3 is 2.88 bits per heavy atom. The summed E-state index contributed by atoms with van der Waals surface area (Å²) in [4.78, 5) is 2.45. The molecule has 0 radical (unpaired) electrons. The third-order valence-electron chi connectivity index (χ3n) is 3.45. The number of fused-ring (bicyclic) bond motifs is 1. The van der Waals surface area contributed by atoms with Crippen LogP contribution in [0.2, 0.25) is 0 Å². The molecule has 2 nitrogen and oxygen atoms in total. The Hall–Kier alpha value is -1.02. The molecule has 0 aromatic heterocycles. The van der Waals surface area contributed by atoms with Crippen LogP contribution >= 0.6 is 0 Å². The molecule has 0 fully saturated rings. The molecule has 1 aliphatic heterocycles. The van der Waals surface area contributed by atoms with Gasteiger partial charge in [0.15, 0.2) is 0 Å². The summed E-state index contributed by atoms with van der Waals surface area (Å²) in [7, 11) is 0. The van der Waals surface area contributed by atoms with Crippen LogP contribution in [0.4, 0.5) is 5.69 Å². The smallest absolute Gasteiger partial charge is 0.0552 e. The molecule has 0 aliphatic carbocycles. The topological polar surface area (TPSA) is 23.5 Å². The average Bonchev–Trinajstić information content (AvgIpc) is 2.54. The van der Waals surface area contributed by atoms with Crippen LogP contribution in [0, 0.1) is 0 Å². The van der Waals surface area contributed by atoms with Crippen molar-refractivity contribution < 1.29 is 5.11 Å². The van der Waals surface area contributed by atoms with Crippen LogP contribution in [0.15, 0.2) is 18.2 Å². The van der Waals surface area contributed by atoms with Crippen molar-refractivity contribution in [2.45, 2.75) is 45.8 Å². The summed E-state index contributed by atoms with van der Waals surface area (Å²) in [5.41, 5.74) is 4.13. The van der Waals surface area contributed by atoms with E-state index in [1.807, 2.05) is 6.92 Å². The van der Waals surface area contributed by atoms with Gasteiger partial charge in [-0.05, 0) is 50.8 Å². The van der Waals surface area contributed by atoms with Gasteiger partial charge in [-0.1, -0.05) is 12.1 Å². The Morgan fingerprint density at radius 1 is 1.50 bits per heavy atom. The summed E-state index contributed by atoms with van der Waals surface area (Å²) in [6.45, 7) is 7.39. The number of anilines is 1. The number of benzene rings is 1. The zero-order chi connectivity index (χ0) is 11.7. The minimum atomic E-state index is -0.252. The zero-order valence-electron chi connectivity index (χ0n) is 10.4. The normalized spacial score (nSPS) is 21.0. The maximum Gasteiger partial charge on any atom is 0.0552 e. The number of aliphatic hydroxyl groups excluding tert-OH is 1. The molecule has 2 unspecified atom stereocenters. The quantitative estimate of drug-likeness (QED) is 0.843. The molecule has 2 heteroatoms. The second-order valence-electron chi connectivity index (χ2n) is 4.81. The van der Waals surface area contributed by atoms with Gasteiger partial charge in [-0.3, -0.25) is 0 Å². The summed E-state index contributed by atoms with van der Waals surface area (Å²) < 4.78 is 0. The van der Waals surface area contributed by atoms with Gasteiger partial charge in [0.1, 0.15) is 0 Å². The Balaban J connectivity index is 2.36. The molecule has 0 amide bonds. The molecule has 88 valence electrons. The number of likely N-dealkylation sites (N-methyl/N-ethyl adjacent to an activating group) is 1. The van der Waals surface area contributed by atoms with Crippen LogP contribution in [0.25, 0.3) is 0 Å². The minimum Gasteiger partial charge on any atom is -0.393 e.